The van der Waals surface area contributed by atoms with Gasteiger partial charge < -0.3 is 4.74 Å². The average molecular weight is 272 g/mol. The van der Waals surface area contributed by atoms with Gasteiger partial charge in [-0.15, -0.1) is 0 Å². The number of carbonyl (C=O) groups is 1. The standard InChI is InChI=1S/C16H20N2O2/c1-12-4-6-14(7-5-12)8-18-9-15(10-19)16(17-18)13(2)11-20-3/h4-7,9-10,13H,8,11H2,1-3H3. The van der Waals surface area contributed by atoms with Crippen LogP contribution in [0.3, 0.4) is 0 Å². The number of rotatable bonds is 6. The minimum absolute atomic E-state index is 0.111. The molecular formula is C16H20N2O2. The number of benzene rings is 1. The fourth-order valence-corrected chi connectivity index (χ4v) is 2.22. The largest absolute Gasteiger partial charge is 0.384 e. The Hall–Kier alpha value is -1.94. The van der Waals surface area contributed by atoms with Crippen LogP contribution >= 0.6 is 0 Å². The molecule has 2 rings (SSSR count). The maximum Gasteiger partial charge on any atom is 0.153 e. The molecule has 20 heavy (non-hydrogen) atoms. The molecule has 2 aromatic rings. The van der Waals surface area contributed by atoms with Crippen LogP contribution < -0.4 is 0 Å². The molecule has 0 aliphatic carbocycles. The molecule has 1 aromatic carbocycles. The number of aldehydes is 1. The van der Waals surface area contributed by atoms with Gasteiger partial charge in [0.2, 0.25) is 0 Å². The van der Waals surface area contributed by atoms with Crippen molar-refractivity contribution in [2.75, 3.05) is 13.7 Å². The minimum atomic E-state index is 0.111. The van der Waals surface area contributed by atoms with Crippen LogP contribution in [0.2, 0.25) is 0 Å². The summed E-state index contributed by atoms with van der Waals surface area (Å²) in [5.41, 5.74) is 3.84. The summed E-state index contributed by atoms with van der Waals surface area (Å²) in [7, 11) is 1.65. The van der Waals surface area contributed by atoms with E-state index < -0.39 is 0 Å². The molecule has 0 radical (unpaired) electrons. The van der Waals surface area contributed by atoms with E-state index in [1.807, 2.05) is 11.6 Å². The number of aryl methyl sites for hydroxylation is 1. The highest BCUT2D eigenvalue weighted by molar-refractivity contribution is 5.76. The molecule has 1 aromatic heterocycles. The Labute approximate surface area is 119 Å². The smallest absolute Gasteiger partial charge is 0.153 e. The van der Waals surface area contributed by atoms with Crippen LogP contribution in [0, 0.1) is 6.92 Å². The van der Waals surface area contributed by atoms with Crippen molar-refractivity contribution in [3.63, 3.8) is 0 Å². The van der Waals surface area contributed by atoms with E-state index in [1.54, 1.807) is 13.3 Å². The van der Waals surface area contributed by atoms with Gasteiger partial charge in [-0.25, -0.2) is 0 Å². The van der Waals surface area contributed by atoms with Crippen LogP contribution in [0.5, 0.6) is 0 Å². The topological polar surface area (TPSA) is 44.1 Å². The molecule has 0 saturated carbocycles. The molecule has 1 heterocycles. The van der Waals surface area contributed by atoms with Gasteiger partial charge in [0.25, 0.3) is 0 Å². The lowest BCUT2D eigenvalue weighted by atomic mass is 10.1. The van der Waals surface area contributed by atoms with Crippen molar-refractivity contribution in [1.82, 2.24) is 9.78 Å². The molecule has 0 N–H and O–H groups in total. The quantitative estimate of drug-likeness (QED) is 0.759. The molecule has 0 spiro atoms. The van der Waals surface area contributed by atoms with Crippen LogP contribution in [0.1, 0.15) is 40.0 Å². The lowest BCUT2D eigenvalue weighted by molar-refractivity contribution is 0.112. The third-order valence-electron chi connectivity index (χ3n) is 3.30. The molecule has 1 atom stereocenters. The van der Waals surface area contributed by atoms with E-state index in [9.17, 15) is 4.79 Å². The molecule has 0 aliphatic heterocycles. The summed E-state index contributed by atoms with van der Waals surface area (Å²) in [6.45, 7) is 5.30. The van der Waals surface area contributed by atoms with Crippen molar-refractivity contribution in [2.24, 2.45) is 0 Å². The normalized spacial score (nSPS) is 12.3. The summed E-state index contributed by atoms with van der Waals surface area (Å²) in [4.78, 5) is 11.2. The highest BCUT2D eigenvalue weighted by atomic mass is 16.5. The maximum absolute atomic E-state index is 11.2. The number of aromatic nitrogens is 2. The maximum atomic E-state index is 11.2. The third kappa shape index (κ3) is 3.33. The monoisotopic (exact) mass is 272 g/mol. The van der Waals surface area contributed by atoms with Crippen molar-refractivity contribution in [2.45, 2.75) is 26.3 Å². The lowest BCUT2D eigenvalue weighted by Crippen LogP contribution is -2.06. The Morgan fingerprint density at radius 1 is 1.35 bits per heavy atom. The zero-order valence-electron chi connectivity index (χ0n) is 12.2. The zero-order chi connectivity index (χ0) is 14.5. The second kappa shape index (κ2) is 6.48. The van der Waals surface area contributed by atoms with Crippen molar-refractivity contribution in [1.29, 1.82) is 0 Å². The molecule has 0 amide bonds. The summed E-state index contributed by atoms with van der Waals surface area (Å²) in [5.74, 6) is 0.111. The van der Waals surface area contributed by atoms with Crippen LogP contribution in [0.15, 0.2) is 30.5 Å². The fourth-order valence-electron chi connectivity index (χ4n) is 2.22. The number of nitrogens with zero attached hydrogens (tertiary/aromatic N) is 2. The van der Waals surface area contributed by atoms with E-state index in [1.165, 1.54) is 11.1 Å². The molecule has 0 bridgehead atoms. The second-order valence-electron chi connectivity index (χ2n) is 5.13. The van der Waals surface area contributed by atoms with Crippen molar-refractivity contribution in [3.05, 3.63) is 52.8 Å². The third-order valence-corrected chi connectivity index (χ3v) is 3.30. The zero-order valence-corrected chi connectivity index (χ0v) is 12.2. The van der Waals surface area contributed by atoms with Crippen LogP contribution in [-0.4, -0.2) is 29.8 Å². The van der Waals surface area contributed by atoms with Gasteiger partial charge >= 0.3 is 0 Å². The summed E-state index contributed by atoms with van der Waals surface area (Å²) >= 11 is 0. The predicted octanol–water partition coefficient (Wildman–Crippen LogP) is 2.80. The van der Waals surface area contributed by atoms with Crippen molar-refractivity contribution < 1.29 is 9.53 Å². The second-order valence-corrected chi connectivity index (χ2v) is 5.13. The molecule has 1 unspecified atom stereocenters. The Morgan fingerprint density at radius 3 is 2.65 bits per heavy atom. The van der Waals surface area contributed by atoms with Crippen LogP contribution in [-0.2, 0) is 11.3 Å². The van der Waals surface area contributed by atoms with E-state index in [0.29, 0.717) is 18.7 Å². The van der Waals surface area contributed by atoms with Crippen molar-refractivity contribution in [3.8, 4) is 0 Å². The Balaban J connectivity index is 2.20. The SMILES string of the molecule is COCC(C)c1nn(Cc2ccc(C)cc2)cc1C=O. The van der Waals surface area contributed by atoms with Gasteiger partial charge in [-0.05, 0) is 12.5 Å². The Morgan fingerprint density at radius 2 is 2.05 bits per heavy atom. The van der Waals surface area contributed by atoms with Gasteiger partial charge in [-0.1, -0.05) is 36.8 Å². The molecular weight excluding hydrogens is 252 g/mol. The number of methoxy groups -OCH3 is 1. The Kier molecular flexibility index (Phi) is 4.69. The Bertz CT molecular complexity index is 573. The molecule has 4 nitrogen and oxygen atoms in total. The molecule has 0 aliphatic rings. The number of hydrogen-bond acceptors (Lipinski definition) is 3. The van der Waals surface area contributed by atoms with Gasteiger partial charge in [0.15, 0.2) is 6.29 Å². The van der Waals surface area contributed by atoms with Crippen LogP contribution in [0.4, 0.5) is 0 Å². The minimum Gasteiger partial charge on any atom is -0.384 e. The highest BCUT2D eigenvalue weighted by Crippen LogP contribution is 2.18. The van der Waals surface area contributed by atoms with Gasteiger partial charge in [0.05, 0.1) is 24.4 Å². The van der Waals surface area contributed by atoms with Crippen LogP contribution in [0.25, 0.3) is 0 Å². The van der Waals surface area contributed by atoms with E-state index in [2.05, 4.69) is 36.3 Å². The summed E-state index contributed by atoms with van der Waals surface area (Å²) in [6, 6.07) is 8.31. The van der Waals surface area contributed by atoms with Gasteiger partial charge in [-0.3, -0.25) is 9.48 Å². The highest BCUT2D eigenvalue weighted by Gasteiger charge is 2.15. The van der Waals surface area contributed by atoms with Gasteiger partial charge in [0.1, 0.15) is 0 Å². The predicted molar refractivity (Wildman–Crippen MR) is 78.2 cm³/mol. The molecule has 0 saturated heterocycles. The number of ether oxygens (including phenoxy) is 1. The first-order valence-electron chi connectivity index (χ1n) is 6.71. The van der Waals surface area contributed by atoms with Crippen molar-refractivity contribution >= 4 is 6.29 Å². The first-order valence-corrected chi connectivity index (χ1v) is 6.71. The molecule has 0 fully saturated rings. The van der Waals surface area contributed by atoms with Gasteiger partial charge in [-0.2, -0.15) is 5.10 Å². The van der Waals surface area contributed by atoms with E-state index in [0.717, 1.165) is 12.0 Å². The van der Waals surface area contributed by atoms with E-state index in [4.69, 9.17) is 4.74 Å². The summed E-state index contributed by atoms with van der Waals surface area (Å²) < 4.78 is 6.95. The van der Waals surface area contributed by atoms with E-state index in [-0.39, 0.29) is 5.92 Å². The lowest BCUT2D eigenvalue weighted by Gasteiger charge is -2.07. The first kappa shape index (κ1) is 14.5. The molecule has 4 heteroatoms. The molecule has 106 valence electrons. The number of hydrogen-bond donors (Lipinski definition) is 0. The average Bonchev–Trinajstić information content (AvgIpc) is 2.85. The summed E-state index contributed by atoms with van der Waals surface area (Å²) in [6.07, 6.45) is 2.66. The summed E-state index contributed by atoms with van der Waals surface area (Å²) in [5, 5.41) is 4.52. The number of carbonyl (C=O) groups excluding carboxylic acids is 1. The van der Waals surface area contributed by atoms with Gasteiger partial charge in [0, 0.05) is 19.2 Å². The van der Waals surface area contributed by atoms with E-state index >= 15 is 0 Å². The fraction of sp³-hybridized carbons (Fsp3) is 0.375. The first-order chi connectivity index (χ1) is 9.63.